The molecule has 0 amide bonds. The molecule has 0 heterocycles. The Labute approximate surface area is 94.5 Å². The predicted molar refractivity (Wildman–Crippen MR) is 69.0 cm³/mol. The van der Waals surface area contributed by atoms with Crippen LogP contribution in [0, 0.1) is 0 Å². The third-order valence-electron chi connectivity index (χ3n) is 2.29. The fourth-order valence-electron chi connectivity index (χ4n) is 1.40. The van der Waals surface area contributed by atoms with Crippen LogP contribution in [-0.4, -0.2) is 24.5 Å². The lowest BCUT2D eigenvalue weighted by atomic mass is 10.2. The Hall–Kier alpha value is -1.04. The van der Waals surface area contributed by atoms with Crippen LogP contribution in [0.5, 0.6) is 0 Å². The predicted octanol–water partition coefficient (Wildman–Crippen LogP) is 3.56. The molecule has 15 heavy (non-hydrogen) atoms. The van der Waals surface area contributed by atoms with Gasteiger partial charge in [0, 0.05) is 6.54 Å². The second-order valence-electron chi connectivity index (χ2n) is 3.46. The molecule has 0 aliphatic rings. The summed E-state index contributed by atoms with van der Waals surface area (Å²) in [5, 5.41) is 0. The molecule has 0 aliphatic carbocycles. The molecule has 0 rings (SSSR count). The van der Waals surface area contributed by atoms with Crippen LogP contribution in [0.4, 0.5) is 0 Å². The van der Waals surface area contributed by atoms with Crippen LogP contribution in [-0.2, 0) is 0 Å². The van der Waals surface area contributed by atoms with Gasteiger partial charge in [-0.25, -0.2) is 0 Å². The van der Waals surface area contributed by atoms with E-state index < -0.39 is 0 Å². The zero-order chi connectivity index (χ0) is 11.5. The third kappa shape index (κ3) is 6.96. The van der Waals surface area contributed by atoms with E-state index in [9.17, 15) is 0 Å². The molecule has 0 spiro atoms. The van der Waals surface area contributed by atoms with E-state index in [2.05, 4.69) is 50.1 Å². The Morgan fingerprint density at radius 1 is 1.40 bits per heavy atom. The van der Waals surface area contributed by atoms with Crippen molar-refractivity contribution in [2.45, 2.75) is 27.2 Å². The van der Waals surface area contributed by atoms with Crippen LogP contribution in [0.15, 0.2) is 42.2 Å². The van der Waals surface area contributed by atoms with Crippen LogP contribution in [0.3, 0.4) is 0 Å². The number of hydrogen-bond donors (Lipinski definition) is 0. The summed E-state index contributed by atoms with van der Waals surface area (Å²) >= 11 is 0. The minimum atomic E-state index is 1.03. The number of allylic oxidation sites excluding steroid dienone is 3. The van der Waals surface area contributed by atoms with Gasteiger partial charge in [0.1, 0.15) is 0 Å². The highest BCUT2D eigenvalue weighted by molar-refractivity contribution is 5.22. The molecule has 0 aromatic carbocycles. The van der Waals surface area contributed by atoms with Crippen molar-refractivity contribution in [3.05, 3.63) is 42.2 Å². The minimum Gasteiger partial charge on any atom is -0.299 e. The summed E-state index contributed by atoms with van der Waals surface area (Å²) in [5.74, 6) is 0. The van der Waals surface area contributed by atoms with Crippen molar-refractivity contribution in [1.82, 2.24) is 4.90 Å². The summed E-state index contributed by atoms with van der Waals surface area (Å²) in [5.41, 5.74) is 4.08. The number of rotatable bonds is 7. The van der Waals surface area contributed by atoms with Gasteiger partial charge < -0.3 is 0 Å². The summed E-state index contributed by atoms with van der Waals surface area (Å²) in [7, 11) is 0. The largest absolute Gasteiger partial charge is 0.299 e. The molecule has 0 unspecified atom stereocenters. The monoisotopic (exact) mass is 205 g/mol. The van der Waals surface area contributed by atoms with E-state index in [-0.39, 0.29) is 0 Å². The van der Waals surface area contributed by atoms with Gasteiger partial charge in [0.2, 0.25) is 0 Å². The Morgan fingerprint density at radius 3 is 2.60 bits per heavy atom. The lowest BCUT2D eigenvalue weighted by Gasteiger charge is -2.19. The van der Waals surface area contributed by atoms with Crippen molar-refractivity contribution >= 4 is 0 Å². The SMILES string of the molecule is C=C=C/C=C\C(=C/C)CN(CC)CCC. The summed E-state index contributed by atoms with van der Waals surface area (Å²) in [6, 6.07) is 0. The molecule has 0 atom stereocenters. The lowest BCUT2D eigenvalue weighted by molar-refractivity contribution is 0.315. The molecule has 0 aromatic rings. The third-order valence-corrected chi connectivity index (χ3v) is 2.29. The molecule has 0 aliphatic heterocycles. The lowest BCUT2D eigenvalue weighted by Crippen LogP contribution is -2.26. The average Bonchev–Trinajstić information content (AvgIpc) is 2.26. The zero-order valence-electron chi connectivity index (χ0n) is 10.3. The van der Waals surface area contributed by atoms with Gasteiger partial charge >= 0.3 is 0 Å². The Kier molecular flexibility index (Phi) is 8.85. The van der Waals surface area contributed by atoms with Crippen LogP contribution >= 0.6 is 0 Å². The summed E-state index contributed by atoms with van der Waals surface area (Å²) in [4.78, 5) is 2.44. The van der Waals surface area contributed by atoms with Crippen LogP contribution < -0.4 is 0 Å². The molecule has 1 heteroatoms. The molecular formula is C14H23N. The topological polar surface area (TPSA) is 3.24 Å². The standard InChI is InChI=1S/C14H23N/c1-5-9-10-11-14(7-3)13-15(8-4)12-6-2/h7,9-11H,1,6,8,12-13H2,2-4H3/b11-10-,14-7+. The highest BCUT2D eigenvalue weighted by Crippen LogP contribution is 2.02. The van der Waals surface area contributed by atoms with E-state index in [1.54, 1.807) is 0 Å². The van der Waals surface area contributed by atoms with Crippen LogP contribution in [0.1, 0.15) is 27.2 Å². The van der Waals surface area contributed by atoms with Gasteiger partial charge in [-0.15, -0.1) is 5.73 Å². The Morgan fingerprint density at radius 2 is 2.13 bits per heavy atom. The highest BCUT2D eigenvalue weighted by Gasteiger charge is 2.01. The number of likely N-dealkylation sites (N-methyl/N-ethyl adjacent to an activating group) is 1. The Bertz CT molecular complexity index is 255. The molecule has 1 nitrogen and oxygen atoms in total. The maximum absolute atomic E-state index is 3.53. The van der Waals surface area contributed by atoms with Gasteiger partial charge in [-0.2, -0.15) is 0 Å². The van der Waals surface area contributed by atoms with Gasteiger partial charge in [0.25, 0.3) is 0 Å². The van der Waals surface area contributed by atoms with Gasteiger partial charge in [-0.05, 0) is 38.1 Å². The first-order chi connectivity index (χ1) is 7.28. The van der Waals surface area contributed by atoms with E-state index in [4.69, 9.17) is 0 Å². The maximum atomic E-state index is 3.53. The second-order valence-corrected chi connectivity index (χ2v) is 3.46. The van der Waals surface area contributed by atoms with E-state index in [1.807, 2.05) is 12.2 Å². The fourth-order valence-corrected chi connectivity index (χ4v) is 1.40. The van der Waals surface area contributed by atoms with Crippen molar-refractivity contribution in [1.29, 1.82) is 0 Å². The van der Waals surface area contributed by atoms with Crippen molar-refractivity contribution < 1.29 is 0 Å². The summed E-state index contributed by atoms with van der Waals surface area (Å²) < 4.78 is 0. The highest BCUT2D eigenvalue weighted by atomic mass is 15.1. The smallest absolute Gasteiger partial charge is 0.0230 e. The van der Waals surface area contributed by atoms with Gasteiger partial charge in [-0.1, -0.05) is 38.7 Å². The van der Waals surface area contributed by atoms with Crippen molar-refractivity contribution in [3.63, 3.8) is 0 Å². The normalized spacial score (nSPS) is 12.1. The average molecular weight is 205 g/mol. The summed E-state index contributed by atoms with van der Waals surface area (Å²) in [6.45, 7) is 13.3. The fraction of sp³-hybridized carbons (Fsp3) is 0.500. The minimum absolute atomic E-state index is 1.03. The van der Waals surface area contributed by atoms with E-state index in [0.717, 1.165) is 13.1 Å². The zero-order valence-corrected chi connectivity index (χ0v) is 10.3. The second kappa shape index (κ2) is 9.51. The van der Waals surface area contributed by atoms with E-state index in [1.165, 1.54) is 18.5 Å². The van der Waals surface area contributed by atoms with E-state index >= 15 is 0 Å². The van der Waals surface area contributed by atoms with Crippen molar-refractivity contribution in [2.75, 3.05) is 19.6 Å². The van der Waals surface area contributed by atoms with Gasteiger partial charge in [0.05, 0.1) is 0 Å². The molecule has 0 bridgehead atoms. The van der Waals surface area contributed by atoms with Crippen LogP contribution in [0.25, 0.3) is 0 Å². The Balaban J connectivity index is 4.25. The van der Waals surface area contributed by atoms with Crippen LogP contribution in [0.2, 0.25) is 0 Å². The van der Waals surface area contributed by atoms with Gasteiger partial charge in [-0.3, -0.25) is 4.90 Å². The van der Waals surface area contributed by atoms with E-state index in [0.29, 0.717) is 0 Å². The van der Waals surface area contributed by atoms with Crippen molar-refractivity contribution in [2.24, 2.45) is 0 Å². The number of hydrogen-bond acceptors (Lipinski definition) is 1. The quantitative estimate of drug-likeness (QED) is 0.454. The maximum Gasteiger partial charge on any atom is 0.0230 e. The number of nitrogens with zero attached hydrogens (tertiary/aromatic N) is 1. The summed E-state index contributed by atoms with van der Waals surface area (Å²) in [6.07, 6.45) is 9.31. The molecule has 84 valence electrons. The molecule has 0 aromatic heterocycles. The molecule has 0 saturated carbocycles. The first kappa shape index (κ1) is 14.0. The molecule has 0 saturated heterocycles. The van der Waals surface area contributed by atoms with Gasteiger partial charge in [0.15, 0.2) is 0 Å². The first-order valence-electron chi connectivity index (χ1n) is 5.68. The first-order valence-corrected chi connectivity index (χ1v) is 5.68. The van der Waals surface area contributed by atoms with Crippen molar-refractivity contribution in [3.8, 4) is 0 Å². The molecule has 0 fully saturated rings. The molecule has 0 N–H and O–H groups in total. The molecule has 0 radical (unpaired) electrons. The molecular weight excluding hydrogens is 182 g/mol.